The summed E-state index contributed by atoms with van der Waals surface area (Å²) in [6.45, 7) is 2.81. The Morgan fingerprint density at radius 2 is 2.41 bits per heavy atom. The van der Waals surface area contributed by atoms with Crippen molar-refractivity contribution in [3.8, 4) is 0 Å². The molecule has 17 heavy (non-hydrogen) atoms. The van der Waals surface area contributed by atoms with Crippen LogP contribution < -0.4 is 5.32 Å². The zero-order chi connectivity index (χ0) is 12.3. The number of anilines is 1. The van der Waals surface area contributed by atoms with E-state index in [2.05, 4.69) is 17.2 Å². The molecular formula is C12H18N2O2S. The second-order valence-electron chi connectivity index (χ2n) is 4.78. The normalized spacial score (nSPS) is 17.5. The largest absolute Gasteiger partial charge is 0.481 e. The van der Waals surface area contributed by atoms with Gasteiger partial charge in [0.2, 0.25) is 0 Å². The summed E-state index contributed by atoms with van der Waals surface area (Å²) in [6, 6.07) is 0. The van der Waals surface area contributed by atoms with Crippen molar-refractivity contribution in [2.75, 3.05) is 11.9 Å². The highest BCUT2D eigenvalue weighted by atomic mass is 32.1. The van der Waals surface area contributed by atoms with Crippen molar-refractivity contribution >= 4 is 22.4 Å². The first-order chi connectivity index (χ1) is 8.13. The number of aliphatic carboxylic acids is 1. The number of aryl methyl sites for hydroxylation is 1. The summed E-state index contributed by atoms with van der Waals surface area (Å²) >= 11 is 1.60. The molecule has 1 fully saturated rings. The Morgan fingerprint density at radius 3 is 2.88 bits per heavy atom. The zero-order valence-corrected chi connectivity index (χ0v) is 10.8. The summed E-state index contributed by atoms with van der Waals surface area (Å²) in [6.07, 6.45) is 4.38. The number of carboxylic acid groups (broad SMARTS) is 1. The summed E-state index contributed by atoms with van der Waals surface area (Å²) in [5.41, 5.74) is 1.06. The lowest BCUT2D eigenvalue weighted by atomic mass is 9.66. The SMILES string of the molecule is CCc1csc(NCC2(CC(=O)O)CCC2)n1. The van der Waals surface area contributed by atoms with Gasteiger partial charge in [0.1, 0.15) is 0 Å². The Kier molecular flexibility index (Phi) is 3.66. The summed E-state index contributed by atoms with van der Waals surface area (Å²) in [5.74, 6) is -0.695. The fourth-order valence-electron chi connectivity index (χ4n) is 2.23. The van der Waals surface area contributed by atoms with Crippen LogP contribution in [0, 0.1) is 5.41 Å². The minimum Gasteiger partial charge on any atom is -0.481 e. The molecule has 0 unspecified atom stereocenters. The third kappa shape index (κ3) is 2.97. The first-order valence-electron chi connectivity index (χ1n) is 6.04. The lowest BCUT2D eigenvalue weighted by Gasteiger charge is -2.40. The molecule has 94 valence electrons. The van der Waals surface area contributed by atoms with Gasteiger partial charge in [-0.3, -0.25) is 4.79 Å². The first-order valence-corrected chi connectivity index (χ1v) is 6.92. The van der Waals surface area contributed by atoms with Gasteiger partial charge in [-0.15, -0.1) is 11.3 Å². The molecule has 0 aromatic carbocycles. The van der Waals surface area contributed by atoms with Gasteiger partial charge in [0.25, 0.3) is 0 Å². The number of carboxylic acids is 1. The van der Waals surface area contributed by atoms with E-state index in [9.17, 15) is 4.79 Å². The molecular weight excluding hydrogens is 236 g/mol. The maximum absolute atomic E-state index is 10.8. The number of rotatable bonds is 6. The average Bonchev–Trinajstić information content (AvgIpc) is 2.69. The molecule has 0 atom stereocenters. The molecule has 1 aliphatic rings. The summed E-state index contributed by atoms with van der Waals surface area (Å²) in [5, 5.41) is 15.2. The smallest absolute Gasteiger partial charge is 0.303 e. The predicted octanol–water partition coefficient (Wildman–Crippen LogP) is 2.76. The second-order valence-corrected chi connectivity index (χ2v) is 5.63. The van der Waals surface area contributed by atoms with Crippen LogP contribution >= 0.6 is 11.3 Å². The van der Waals surface area contributed by atoms with Gasteiger partial charge < -0.3 is 10.4 Å². The lowest BCUT2D eigenvalue weighted by Crippen LogP contribution is -2.38. The van der Waals surface area contributed by atoms with Gasteiger partial charge in [0.15, 0.2) is 5.13 Å². The van der Waals surface area contributed by atoms with E-state index in [0.29, 0.717) is 0 Å². The number of hydrogen-bond donors (Lipinski definition) is 2. The number of carbonyl (C=O) groups is 1. The fraction of sp³-hybridized carbons (Fsp3) is 0.667. The van der Waals surface area contributed by atoms with Crippen LogP contribution in [0.5, 0.6) is 0 Å². The van der Waals surface area contributed by atoms with Crippen LogP contribution in [-0.4, -0.2) is 22.6 Å². The Morgan fingerprint density at radius 1 is 1.65 bits per heavy atom. The molecule has 5 heteroatoms. The van der Waals surface area contributed by atoms with Gasteiger partial charge in [-0.1, -0.05) is 13.3 Å². The van der Waals surface area contributed by atoms with E-state index in [1.54, 1.807) is 11.3 Å². The topological polar surface area (TPSA) is 62.2 Å². The number of thiazole rings is 1. The van der Waals surface area contributed by atoms with Gasteiger partial charge in [0.05, 0.1) is 12.1 Å². The van der Waals surface area contributed by atoms with Gasteiger partial charge in [0, 0.05) is 11.9 Å². The van der Waals surface area contributed by atoms with E-state index in [-0.39, 0.29) is 11.8 Å². The van der Waals surface area contributed by atoms with Crippen LogP contribution in [0.15, 0.2) is 5.38 Å². The minimum absolute atomic E-state index is 0.0378. The van der Waals surface area contributed by atoms with Crippen LogP contribution in [0.25, 0.3) is 0 Å². The maximum atomic E-state index is 10.8. The molecule has 1 aromatic heterocycles. The molecule has 0 radical (unpaired) electrons. The Balaban J connectivity index is 1.89. The van der Waals surface area contributed by atoms with E-state index in [1.165, 1.54) is 0 Å². The minimum atomic E-state index is -0.695. The molecule has 4 nitrogen and oxygen atoms in total. The van der Waals surface area contributed by atoms with Crippen molar-refractivity contribution in [1.82, 2.24) is 4.98 Å². The molecule has 1 saturated carbocycles. The Bertz CT molecular complexity index is 399. The average molecular weight is 254 g/mol. The monoisotopic (exact) mass is 254 g/mol. The molecule has 1 aromatic rings. The first kappa shape index (κ1) is 12.4. The van der Waals surface area contributed by atoms with Crippen LogP contribution in [-0.2, 0) is 11.2 Å². The highest BCUT2D eigenvalue weighted by molar-refractivity contribution is 7.13. The molecule has 0 saturated heterocycles. The van der Waals surface area contributed by atoms with E-state index in [4.69, 9.17) is 5.11 Å². The van der Waals surface area contributed by atoms with Crippen molar-refractivity contribution in [3.63, 3.8) is 0 Å². The molecule has 0 spiro atoms. The van der Waals surface area contributed by atoms with E-state index in [0.717, 1.165) is 43.1 Å². The van der Waals surface area contributed by atoms with Gasteiger partial charge in [-0.05, 0) is 24.7 Å². The zero-order valence-electron chi connectivity index (χ0n) is 10.0. The molecule has 0 amide bonds. The van der Waals surface area contributed by atoms with Crippen LogP contribution in [0.4, 0.5) is 5.13 Å². The van der Waals surface area contributed by atoms with E-state index in [1.807, 2.05) is 5.38 Å². The second kappa shape index (κ2) is 5.04. The van der Waals surface area contributed by atoms with Crippen molar-refractivity contribution in [1.29, 1.82) is 0 Å². The molecule has 1 aliphatic carbocycles. The predicted molar refractivity (Wildman–Crippen MR) is 68.5 cm³/mol. The molecule has 1 heterocycles. The summed E-state index contributed by atoms with van der Waals surface area (Å²) < 4.78 is 0. The number of aromatic nitrogens is 1. The fourth-order valence-corrected chi connectivity index (χ4v) is 3.02. The summed E-state index contributed by atoms with van der Waals surface area (Å²) in [4.78, 5) is 15.3. The molecule has 0 bridgehead atoms. The Labute approximate surface area is 105 Å². The standard InChI is InChI=1S/C12H18N2O2S/c1-2-9-7-17-11(14-9)13-8-12(4-3-5-12)6-10(15)16/h7H,2-6,8H2,1H3,(H,13,14)(H,15,16). The van der Waals surface area contributed by atoms with Crippen LogP contribution in [0.3, 0.4) is 0 Å². The molecule has 0 aliphatic heterocycles. The molecule has 2 rings (SSSR count). The van der Waals surface area contributed by atoms with Crippen LogP contribution in [0.1, 0.15) is 38.3 Å². The van der Waals surface area contributed by atoms with Crippen molar-refractivity contribution < 1.29 is 9.90 Å². The van der Waals surface area contributed by atoms with Crippen molar-refractivity contribution in [2.24, 2.45) is 5.41 Å². The third-order valence-corrected chi connectivity index (χ3v) is 4.32. The van der Waals surface area contributed by atoms with Crippen molar-refractivity contribution in [3.05, 3.63) is 11.1 Å². The Hall–Kier alpha value is -1.10. The van der Waals surface area contributed by atoms with Gasteiger partial charge in [-0.25, -0.2) is 4.98 Å². The van der Waals surface area contributed by atoms with Gasteiger partial charge >= 0.3 is 5.97 Å². The van der Waals surface area contributed by atoms with Crippen molar-refractivity contribution in [2.45, 2.75) is 39.0 Å². The maximum Gasteiger partial charge on any atom is 0.303 e. The van der Waals surface area contributed by atoms with Crippen LogP contribution in [0.2, 0.25) is 0 Å². The highest BCUT2D eigenvalue weighted by Crippen LogP contribution is 2.44. The number of hydrogen-bond acceptors (Lipinski definition) is 4. The molecule has 2 N–H and O–H groups in total. The highest BCUT2D eigenvalue weighted by Gasteiger charge is 2.38. The van der Waals surface area contributed by atoms with E-state index >= 15 is 0 Å². The summed E-state index contributed by atoms with van der Waals surface area (Å²) in [7, 11) is 0. The number of nitrogens with zero attached hydrogens (tertiary/aromatic N) is 1. The number of nitrogens with one attached hydrogen (secondary N) is 1. The van der Waals surface area contributed by atoms with E-state index < -0.39 is 5.97 Å². The quantitative estimate of drug-likeness (QED) is 0.819. The van der Waals surface area contributed by atoms with Gasteiger partial charge in [-0.2, -0.15) is 0 Å². The lowest BCUT2D eigenvalue weighted by molar-refractivity contribution is -0.141. The third-order valence-electron chi connectivity index (χ3n) is 3.47.